The van der Waals surface area contributed by atoms with Crippen LogP contribution >= 0.6 is 11.8 Å². The largest absolute Gasteiger partial charge is 0.318 e. The number of hydrogen-bond donors (Lipinski definition) is 1. The molecule has 0 bridgehead atoms. The van der Waals surface area contributed by atoms with Crippen LogP contribution in [-0.2, 0) is 4.79 Å². The SMILES string of the molecule is CCCCC1=NN2C(=N)/C(=C\c3cc(C)n(-c4cccc(C)c4C)c3C)C(=O)N=C2S1. The number of thioether (sulfide) groups is 1. The van der Waals surface area contributed by atoms with Crippen LogP contribution in [-0.4, -0.2) is 31.5 Å². The number of carbonyl (C=O) groups is 1. The topological polar surface area (TPSA) is 73.8 Å². The molecule has 7 heteroatoms. The summed E-state index contributed by atoms with van der Waals surface area (Å²) >= 11 is 1.39. The summed E-state index contributed by atoms with van der Waals surface area (Å²) in [4.78, 5) is 17.0. The summed E-state index contributed by atoms with van der Waals surface area (Å²) in [5.74, 6) is -0.294. The van der Waals surface area contributed by atoms with Crippen LogP contribution in [0.25, 0.3) is 11.8 Å². The summed E-state index contributed by atoms with van der Waals surface area (Å²) in [5.41, 5.74) is 6.87. The predicted molar refractivity (Wildman–Crippen MR) is 129 cm³/mol. The normalized spacial score (nSPS) is 17.3. The number of nitrogens with zero attached hydrogens (tertiary/aromatic N) is 4. The Morgan fingerprint density at radius 1 is 1.19 bits per heavy atom. The van der Waals surface area contributed by atoms with Gasteiger partial charge in [0.05, 0.1) is 5.57 Å². The third-order valence-corrected chi connectivity index (χ3v) is 6.80. The summed E-state index contributed by atoms with van der Waals surface area (Å²) in [6, 6.07) is 8.33. The Morgan fingerprint density at radius 3 is 2.71 bits per heavy atom. The number of benzene rings is 1. The Labute approximate surface area is 187 Å². The fraction of sp³-hybridized carbons (Fsp3) is 0.333. The van der Waals surface area contributed by atoms with E-state index >= 15 is 0 Å². The lowest BCUT2D eigenvalue weighted by atomic mass is 10.1. The lowest BCUT2D eigenvalue weighted by Crippen LogP contribution is -2.35. The van der Waals surface area contributed by atoms with Crippen LogP contribution in [0, 0.1) is 33.1 Å². The molecule has 0 unspecified atom stereocenters. The Bertz CT molecular complexity index is 1180. The molecule has 1 amide bonds. The van der Waals surface area contributed by atoms with Gasteiger partial charge in [0.15, 0.2) is 5.84 Å². The van der Waals surface area contributed by atoms with Crippen molar-refractivity contribution >= 4 is 39.8 Å². The number of aromatic nitrogens is 1. The quantitative estimate of drug-likeness (QED) is 0.631. The van der Waals surface area contributed by atoms with Crippen LogP contribution in [0.5, 0.6) is 0 Å². The highest BCUT2D eigenvalue weighted by Gasteiger charge is 2.35. The monoisotopic (exact) mass is 433 g/mol. The summed E-state index contributed by atoms with van der Waals surface area (Å²) < 4.78 is 2.20. The molecule has 0 aliphatic carbocycles. The van der Waals surface area contributed by atoms with Gasteiger partial charge in [0, 0.05) is 17.1 Å². The number of amides is 1. The Morgan fingerprint density at radius 2 is 1.97 bits per heavy atom. The first-order valence-corrected chi connectivity index (χ1v) is 11.4. The lowest BCUT2D eigenvalue weighted by Gasteiger charge is -2.20. The lowest BCUT2D eigenvalue weighted by molar-refractivity contribution is -0.114. The van der Waals surface area contributed by atoms with Gasteiger partial charge in [0.2, 0.25) is 5.17 Å². The van der Waals surface area contributed by atoms with E-state index in [-0.39, 0.29) is 17.3 Å². The van der Waals surface area contributed by atoms with Crippen LogP contribution in [0.1, 0.15) is 54.3 Å². The maximum absolute atomic E-state index is 12.7. The van der Waals surface area contributed by atoms with E-state index in [4.69, 9.17) is 5.41 Å². The zero-order chi connectivity index (χ0) is 22.3. The van der Waals surface area contributed by atoms with Gasteiger partial charge < -0.3 is 4.57 Å². The van der Waals surface area contributed by atoms with Gasteiger partial charge >= 0.3 is 0 Å². The molecular weight excluding hydrogens is 406 g/mol. The molecule has 0 saturated carbocycles. The van der Waals surface area contributed by atoms with Crippen LogP contribution in [0.3, 0.4) is 0 Å². The average molecular weight is 434 g/mol. The molecule has 0 fully saturated rings. The minimum absolute atomic E-state index is 0.0885. The van der Waals surface area contributed by atoms with Crippen molar-refractivity contribution in [2.24, 2.45) is 10.1 Å². The van der Waals surface area contributed by atoms with E-state index in [1.54, 1.807) is 6.08 Å². The maximum atomic E-state index is 12.7. The summed E-state index contributed by atoms with van der Waals surface area (Å²) in [6.07, 6.45) is 4.72. The van der Waals surface area contributed by atoms with Crippen molar-refractivity contribution in [1.29, 1.82) is 5.41 Å². The molecule has 31 heavy (non-hydrogen) atoms. The van der Waals surface area contributed by atoms with Crippen molar-refractivity contribution in [2.75, 3.05) is 0 Å². The summed E-state index contributed by atoms with van der Waals surface area (Å²) in [7, 11) is 0. The number of aryl methyl sites for hydroxylation is 2. The first-order valence-electron chi connectivity index (χ1n) is 10.6. The van der Waals surface area contributed by atoms with E-state index in [2.05, 4.69) is 66.6 Å². The van der Waals surface area contributed by atoms with Gasteiger partial charge in [-0.25, -0.2) is 0 Å². The van der Waals surface area contributed by atoms with Gasteiger partial charge in [0.1, 0.15) is 5.04 Å². The Balaban J connectivity index is 1.72. The standard InChI is InChI=1S/C24H27N5OS/c1-6-7-11-21-27-29-22(25)19(23(30)26-24(29)31-21)13-18-12-15(3)28(17(18)5)20-10-8-9-14(2)16(20)4/h8-10,12-13,25H,6-7,11H2,1-5H3/b19-13+,25-22?. The summed E-state index contributed by atoms with van der Waals surface area (Å²) in [6.45, 7) is 10.5. The molecule has 6 nitrogen and oxygen atoms in total. The van der Waals surface area contributed by atoms with Crippen molar-refractivity contribution in [3.05, 3.63) is 57.9 Å². The Hall–Kier alpha value is -2.93. The van der Waals surface area contributed by atoms with Crippen molar-refractivity contribution in [2.45, 2.75) is 53.9 Å². The molecule has 2 aliphatic heterocycles. The van der Waals surface area contributed by atoms with E-state index in [0.29, 0.717) is 5.17 Å². The van der Waals surface area contributed by atoms with E-state index in [1.807, 2.05) is 6.92 Å². The number of aliphatic imine (C=N–C) groups is 1. The minimum Gasteiger partial charge on any atom is -0.318 e. The second kappa shape index (κ2) is 8.30. The van der Waals surface area contributed by atoms with Gasteiger partial charge in [-0.1, -0.05) is 25.5 Å². The fourth-order valence-corrected chi connectivity index (χ4v) is 4.83. The smallest absolute Gasteiger partial charge is 0.283 e. The van der Waals surface area contributed by atoms with Crippen LogP contribution in [0.4, 0.5) is 0 Å². The van der Waals surface area contributed by atoms with Crippen LogP contribution < -0.4 is 0 Å². The first-order chi connectivity index (χ1) is 14.8. The van der Waals surface area contributed by atoms with Gasteiger partial charge in [-0.05, 0) is 87.2 Å². The summed E-state index contributed by atoms with van der Waals surface area (Å²) in [5, 5.41) is 16.0. The van der Waals surface area contributed by atoms with E-state index in [1.165, 1.54) is 27.9 Å². The molecule has 0 saturated heterocycles. The molecule has 0 radical (unpaired) electrons. The van der Waals surface area contributed by atoms with E-state index < -0.39 is 0 Å². The predicted octanol–water partition coefficient (Wildman–Crippen LogP) is 5.52. The highest BCUT2D eigenvalue weighted by molar-refractivity contribution is 8.26. The number of amidine groups is 2. The molecule has 1 N–H and O–H groups in total. The second-order valence-corrected chi connectivity index (χ2v) is 9.04. The zero-order valence-corrected chi connectivity index (χ0v) is 19.4. The third kappa shape index (κ3) is 3.78. The van der Waals surface area contributed by atoms with Gasteiger partial charge in [-0.15, -0.1) is 0 Å². The molecule has 0 atom stereocenters. The van der Waals surface area contributed by atoms with Crippen molar-refractivity contribution in [3.8, 4) is 5.69 Å². The number of rotatable bonds is 5. The number of hydrogen-bond acceptors (Lipinski definition) is 4. The number of nitrogens with one attached hydrogen (secondary N) is 1. The van der Waals surface area contributed by atoms with E-state index in [0.717, 1.165) is 46.9 Å². The minimum atomic E-state index is -0.382. The molecule has 0 spiro atoms. The third-order valence-electron chi connectivity index (χ3n) is 5.83. The first kappa shape index (κ1) is 21.3. The number of carbonyl (C=O) groups excluding carboxylic acids is 1. The highest BCUT2D eigenvalue weighted by Crippen LogP contribution is 2.31. The second-order valence-electron chi connectivity index (χ2n) is 8.00. The molecule has 160 valence electrons. The molecule has 2 aromatic rings. The fourth-order valence-electron chi connectivity index (χ4n) is 3.90. The maximum Gasteiger partial charge on any atom is 0.283 e. The van der Waals surface area contributed by atoms with Gasteiger partial charge in [-0.2, -0.15) is 15.1 Å². The van der Waals surface area contributed by atoms with Crippen LogP contribution in [0.2, 0.25) is 0 Å². The number of unbranched alkanes of at least 4 members (excludes halogenated alkanes) is 1. The number of hydrazone groups is 1. The molecular formula is C24H27N5OS. The van der Waals surface area contributed by atoms with Crippen molar-refractivity contribution in [3.63, 3.8) is 0 Å². The van der Waals surface area contributed by atoms with Crippen LogP contribution in [0.15, 0.2) is 39.9 Å². The highest BCUT2D eigenvalue weighted by atomic mass is 32.2. The van der Waals surface area contributed by atoms with Crippen molar-refractivity contribution < 1.29 is 4.79 Å². The zero-order valence-electron chi connectivity index (χ0n) is 18.6. The molecule has 2 aliphatic rings. The van der Waals surface area contributed by atoms with E-state index in [9.17, 15) is 4.79 Å². The number of fused-ring (bicyclic) bond motifs is 1. The molecule has 3 heterocycles. The molecule has 1 aromatic heterocycles. The van der Waals surface area contributed by atoms with Crippen molar-refractivity contribution in [1.82, 2.24) is 9.58 Å². The van der Waals surface area contributed by atoms with Gasteiger partial charge in [0.25, 0.3) is 5.91 Å². The molecule has 4 rings (SSSR count). The molecule has 1 aromatic carbocycles. The average Bonchev–Trinajstić information content (AvgIpc) is 3.26. The van der Waals surface area contributed by atoms with Gasteiger partial charge in [-0.3, -0.25) is 10.2 Å². The Kier molecular flexibility index (Phi) is 5.71.